The number of fused-ring (bicyclic) bond motifs is 1. The molecule has 2 aromatic heterocycles. The summed E-state index contributed by atoms with van der Waals surface area (Å²) in [5.74, 6) is -0.960. The highest BCUT2D eigenvalue weighted by atomic mass is 16.5. The molecular weight excluding hydrogens is 458 g/mol. The lowest BCUT2D eigenvalue weighted by molar-refractivity contribution is -0.129. The van der Waals surface area contributed by atoms with Gasteiger partial charge < -0.3 is 23.7 Å². The van der Waals surface area contributed by atoms with Gasteiger partial charge in [0.1, 0.15) is 17.9 Å². The van der Waals surface area contributed by atoms with Crippen molar-refractivity contribution in [3.05, 3.63) is 109 Å². The predicted molar refractivity (Wildman–Crippen MR) is 134 cm³/mol. The normalized spacial score (nSPS) is 15.6. The van der Waals surface area contributed by atoms with Crippen molar-refractivity contribution in [3.63, 3.8) is 0 Å². The Kier molecular flexibility index (Phi) is 6.40. The third kappa shape index (κ3) is 4.40. The molecule has 182 valence electrons. The van der Waals surface area contributed by atoms with Crippen molar-refractivity contribution < 1.29 is 23.8 Å². The van der Waals surface area contributed by atoms with Gasteiger partial charge in [-0.05, 0) is 36.2 Å². The molecule has 0 bridgehead atoms. The quantitative estimate of drug-likeness (QED) is 0.255. The number of Topliss-reactive ketones (excluding diaryl/α,β-unsaturated/α-hetero) is 1. The third-order valence-electron chi connectivity index (χ3n) is 6.14. The van der Waals surface area contributed by atoms with Crippen molar-refractivity contribution in [1.29, 1.82) is 0 Å². The topological polar surface area (TPSA) is 97.8 Å². The van der Waals surface area contributed by atoms with Gasteiger partial charge in [0.05, 0.1) is 17.9 Å². The van der Waals surface area contributed by atoms with Gasteiger partial charge in [-0.2, -0.15) is 0 Å². The van der Waals surface area contributed by atoms with E-state index in [2.05, 4.69) is 11.6 Å². The molecule has 0 spiro atoms. The van der Waals surface area contributed by atoms with E-state index in [1.807, 2.05) is 29.0 Å². The van der Waals surface area contributed by atoms with Gasteiger partial charge in [-0.1, -0.05) is 43.0 Å². The van der Waals surface area contributed by atoms with Gasteiger partial charge in [0.25, 0.3) is 5.91 Å². The number of aliphatic hydroxyl groups is 1. The molecule has 8 nitrogen and oxygen atoms in total. The molecule has 1 unspecified atom stereocenters. The number of carbonyl (C=O) groups excluding carboxylic acids is 2. The number of ether oxygens (including phenoxy) is 1. The largest absolute Gasteiger partial charge is 0.503 e. The molecule has 0 saturated heterocycles. The fourth-order valence-corrected chi connectivity index (χ4v) is 4.43. The van der Waals surface area contributed by atoms with Crippen LogP contribution in [0.4, 0.5) is 0 Å². The van der Waals surface area contributed by atoms with Crippen LogP contribution in [0.1, 0.15) is 28.6 Å². The van der Waals surface area contributed by atoms with Crippen molar-refractivity contribution in [1.82, 2.24) is 14.5 Å². The molecule has 0 radical (unpaired) electrons. The first-order valence-electron chi connectivity index (χ1n) is 11.6. The highest BCUT2D eigenvalue weighted by molar-refractivity contribution is 6.16. The Morgan fingerprint density at radius 2 is 1.97 bits per heavy atom. The summed E-state index contributed by atoms with van der Waals surface area (Å²) in [7, 11) is 0. The minimum atomic E-state index is -0.769. The van der Waals surface area contributed by atoms with E-state index in [1.54, 1.807) is 55.0 Å². The van der Waals surface area contributed by atoms with Gasteiger partial charge >= 0.3 is 0 Å². The first-order chi connectivity index (χ1) is 17.6. The van der Waals surface area contributed by atoms with Gasteiger partial charge in [0, 0.05) is 30.9 Å². The van der Waals surface area contributed by atoms with Crippen LogP contribution in [0.3, 0.4) is 0 Å². The molecular formula is C28H25N3O5. The van der Waals surface area contributed by atoms with Crippen LogP contribution >= 0.6 is 0 Å². The molecule has 1 atom stereocenters. The highest BCUT2D eigenvalue weighted by Crippen LogP contribution is 2.40. The Morgan fingerprint density at radius 1 is 1.17 bits per heavy atom. The number of hydrogen-bond acceptors (Lipinski definition) is 6. The second-order valence-corrected chi connectivity index (χ2v) is 8.46. The molecule has 1 aliphatic heterocycles. The zero-order valence-corrected chi connectivity index (χ0v) is 19.5. The predicted octanol–water partition coefficient (Wildman–Crippen LogP) is 4.86. The fraction of sp³-hybridized carbons (Fsp3) is 0.179. The number of rotatable bonds is 10. The number of nitrogens with zero attached hydrogens (tertiary/aromatic N) is 3. The van der Waals surface area contributed by atoms with Crippen LogP contribution in [0.2, 0.25) is 0 Å². The Morgan fingerprint density at radius 3 is 2.69 bits per heavy atom. The summed E-state index contributed by atoms with van der Waals surface area (Å²) >= 11 is 0. The molecule has 1 amide bonds. The second kappa shape index (κ2) is 9.95. The van der Waals surface area contributed by atoms with Crippen molar-refractivity contribution in [3.8, 4) is 5.75 Å². The zero-order valence-electron chi connectivity index (χ0n) is 19.5. The van der Waals surface area contributed by atoms with Crippen molar-refractivity contribution in [2.24, 2.45) is 0 Å². The van der Waals surface area contributed by atoms with Crippen LogP contribution < -0.4 is 4.74 Å². The van der Waals surface area contributed by atoms with Crippen LogP contribution in [-0.4, -0.2) is 44.4 Å². The summed E-state index contributed by atoms with van der Waals surface area (Å²) in [6.45, 7) is 4.98. The summed E-state index contributed by atoms with van der Waals surface area (Å²) < 4.78 is 13.3. The van der Waals surface area contributed by atoms with E-state index in [-0.39, 0.29) is 11.3 Å². The number of amides is 1. The Bertz CT molecular complexity index is 1400. The van der Waals surface area contributed by atoms with Crippen LogP contribution in [0.15, 0.2) is 102 Å². The first-order valence-corrected chi connectivity index (χ1v) is 11.6. The number of aryl methyl sites for hydroxylation is 1. The Hall–Kier alpha value is -4.59. The van der Waals surface area contributed by atoms with E-state index >= 15 is 0 Å². The Labute approximate surface area is 207 Å². The number of carbonyl (C=O) groups is 2. The van der Waals surface area contributed by atoms with Gasteiger partial charge in [-0.3, -0.25) is 9.59 Å². The number of aliphatic hydroxyl groups excluding tert-OH is 1. The standard InChI is InChI=1S/C28H25N3O5/c1-2-16-35-21-10-8-19(9-11-21)25-24(26(32)23-17-20-6-3-4-7-22(20)36-23)27(33)28(34)31(25)14-5-13-30-15-12-29-18-30/h2-4,6-12,15,17-18,25,33H,1,5,13-14,16H2. The third-order valence-corrected chi connectivity index (χ3v) is 6.14. The zero-order chi connectivity index (χ0) is 25.1. The Balaban J connectivity index is 1.48. The average molecular weight is 484 g/mol. The van der Waals surface area contributed by atoms with Crippen LogP contribution in [0.25, 0.3) is 11.0 Å². The lowest BCUT2D eigenvalue weighted by atomic mass is 9.95. The van der Waals surface area contributed by atoms with Crippen LogP contribution in [0, 0.1) is 0 Å². The molecule has 3 heterocycles. The minimum Gasteiger partial charge on any atom is -0.503 e. The van der Waals surface area contributed by atoms with Gasteiger partial charge in [0.15, 0.2) is 11.5 Å². The lowest BCUT2D eigenvalue weighted by Gasteiger charge is -2.27. The fourth-order valence-electron chi connectivity index (χ4n) is 4.43. The van der Waals surface area contributed by atoms with Crippen LogP contribution in [-0.2, 0) is 11.3 Å². The number of aromatic nitrogens is 2. The number of imidazole rings is 1. The molecule has 5 rings (SSSR count). The van der Waals surface area contributed by atoms with Gasteiger partial charge in [-0.15, -0.1) is 0 Å². The van der Waals surface area contributed by atoms with Crippen LogP contribution in [0.5, 0.6) is 5.75 Å². The minimum absolute atomic E-state index is 0.00134. The van der Waals surface area contributed by atoms with Crippen molar-refractivity contribution in [2.75, 3.05) is 13.2 Å². The molecule has 0 saturated carbocycles. The number of furan rings is 1. The smallest absolute Gasteiger partial charge is 0.290 e. The summed E-state index contributed by atoms with van der Waals surface area (Å²) in [5, 5.41) is 11.7. The first kappa shape index (κ1) is 23.2. The maximum absolute atomic E-state index is 13.6. The summed E-state index contributed by atoms with van der Waals surface area (Å²) in [6, 6.07) is 15.3. The number of benzene rings is 2. The molecule has 2 aromatic carbocycles. The number of hydrogen-bond donors (Lipinski definition) is 1. The van der Waals surface area contributed by atoms with E-state index in [1.165, 1.54) is 4.90 Å². The SMILES string of the molecule is C=CCOc1ccc(C2C(C(=O)c3cc4ccccc4o3)=C(O)C(=O)N2CCCn2ccnc2)cc1. The van der Waals surface area contributed by atoms with E-state index in [4.69, 9.17) is 9.15 Å². The molecule has 36 heavy (non-hydrogen) atoms. The average Bonchev–Trinajstić information content (AvgIpc) is 3.63. The molecule has 1 aliphatic rings. The molecule has 1 N–H and O–H groups in total. The maximum atomic E-state index is 13.6. The monoisotopic (exact) mass is 483 g/mol. The van der Waals surface area contributed by atoms with E-state index < -0.39 is 23.5 Å². The second-order valence-electron chi connectivity index (χ2n) is 8.46. The van der Waals surface area contributed by atoms with Crippen molar-refractivity contribution >= 4 is 22.7 Å². The number of ketones is 1. The summed E-state index contributed by atoms with van der Waals surface area (Å²) in [5.41, 5.74) is 1.24. The van der Waals surface area contributed by atoms with Gasteiger partial charge in [0.2, 0.25) is 5.78 Å². The van der Waals surface area contributed by atoms with E-state index in [0.717, 1.165) is 5.39 Å². The summed E-state index contributed by atoms with van der Waals surface area (Å²) in [6.07, 6.45) is 7.50. The van der Waals surface area contributed by atoms with Crippen molar-refractivity contribution in [2.45, 2.75) is 19.0 Å². The molecule has 0 fully saturated rings. The molecule has 8 heteroatoms. The maximum Gasteiger partial charge on any atom is 0.290 e. The summed E-state index contributed by atoms with van der Waals surface area (Å²) in [4.78, 5) is 32.4. The highest BCUT2D eigenvalue weighted by Gasteiger charge is 2.44. The van der Waals surface area contributed by atoms with E-state index in [0.29, 0.717) is 43.0 Å². The van der Waals surface area contributed by atoms with E-state index in [9.17, 15) is 14.7 Å². The van der Waals surface area contributed by atoms with Gasteiger partial charge in [-0.25, -0.2) is 4.98 Å². The molecule has 0 aliphatic carbocycles. The lowest BCUT2D eigenvalue weighted by Crippen LogP contribution is -2.32. The number of para-hydroxylation sites is 1. The molecule has 4 aromatic rings.